The van der Waals surface area contributed by atoms with E-state index in [-0.39, 0.29) is 35.8 Å². The van der Waals surface area contributed by atoms with Crippen LogP contribution in [0.4, 0.5) is 4.39 Å². The Labute approximate surface area is 197 Å². The average molecular weight is 530 g/mol. The van der Waals surface area contributed by atoms with E-state index in [0.29, 0.717) is 24.2 Å². The number of nitrogens with zero attached hydrogens (tertiary/aromatic N) is 2. The zero-order valence-electron chi connectivity index (χ0n) is 18.2. The molecule has 0 amide bonds. The summed E-state index contributed by atoms with van der Waals surface area (Å²) in [4.78, 5) is 7.44. The lowest BCUT2D eigenvalue weighted by Gasteiger charge is -2.19. The van der Waals surface area contributed by atoms with Gasteiger partial charge in [-0.3, -0.25) is 4.99 Å². The van der Waals surface area contributed by atoms with Crippen molar-refractivity contribution in [2.24, 2.45) is 16.8 Å². The first-order valence-electron chi connectivity index (χ1n) is 11.3. The first-order valence-corrected chi connectivity index (χ1v) is 11.3. The van der Waals surface area contributed by atoms with Crippen molar-refractivity contribution >= 4 is 29.9 Å². The number of hydrogen-bond acceptors (Lipinski definition) is 3. The van der Waals surface area contributed by atoms with Crippen LogP contribution in [0.5, 0.6) is 5.75 Å². The monoisotopic (exact) mass is 530 g/mol. The van der Waals surface area contributed by atoms with E-state index in [0.717, 1.165) is 30.7 Å². The SMILES string of the molecule is CCNC(=NCC1CCN(C2CC2)C1)NC(C)c1ccc(OCC2CC2)c(F)c1.I. The molecule has 0 aromatic heterocycles. The molecule has 1 aromatic carbocycles. The molecular formula is C23H36FIN4O. The Morgan fingerprint density at radius 2 is 2.03 bits per heavy atom. The van der Waals surface area contributed by atoms with Crippen LogP contribution in [0, 0.1) is 17.7 Å². The molecule has 5 nitrogen and oxygen atoms in total. The smallest absolute Gasteiger partial charge is 0.191 e. The fourth-order valence-electron chi connectivity index (χ4n) is 4.01. The molecule has 1 heterocycles. The number of hydrogen-bond donors (Lipinski definition) is 2. The van der Waals surface area contributed by atoms with Gasteiger partial charge in [0.1, 0.15) is 0 Å². The number of likely N-dealkylation sites (tertiary alicyclic amines) is 1. The van der Waals surface area contributed by atoms with E-state index in [1.54, 1.807) is 12.1 Å². The summed E-state index contributed by atoms with van der Waals surface area (Å²) in [6.07, 6.45) is 6.39. The summed E-state index contributed by atoms with van der Waals surface area (Å²) in [6.45, 7) is 8.78. The molecule has 1 aliphatic heterocycles. The highest BCUT2D eigenvalue weighted by Gasteiger charge is 2.34. The average Bonchev–Trinajstić information content (AvgIpc) is 3.65. The zero-order chi connectivity index (χ0) is 20.2. The van der Waals surface area contributed by atoms with E-state index in [4.69, 9.17) is 9.73 Å². The van der Waals surface area contributed by atoms with Gasteiger partial charge in [-0.25, -0.2) is 4.39 Å². The summed E-state index contributed by atoms with van der Waals surface area (Å²) in [7, 11) is 0. The second kappa shape index (κ2) is 11.0. The summed E-state index contributed by atoms with van der Waals surface area (Å²) < 4.78 is 20.0. The van der Waals surface area contributed by atoms with Gasteiger partial charge < -0.3 is 20.3 Å². The summed E-state index contributed by atoms with van der Waals surface area (Å²) in [5.74, 6) is 2.13. The van der Waals surface area contributed by atoms with Crippen LogP contribution in [0.2, 0.25) is 0 Å². The largest absolute Gasteiger partial charge is 0.490 e. The van der Waals surface area contributed by atoms with E-state index in [9.17, 15) is 4.39 Å². The van der Waals surface area contributed by atoms with Gasteiger partial charge in [-0.1, -0.05) is 6.07 Å². The topological polar surface area (TPSA) is 48.9 Å². The molecule has 7 heteroatoms. The Balaban J connectivity index is 0.00000256. The lowest BCUT2D eigenvalue weighted by atomic mass is 10.1. The molecule has 0 bridgehead atoms. The number of ether oxygens (including phenoxy) is 1. The molecule has 0 spiro atoms. The standard InChI is InChI=1S/C23H35FN4O.HI/c1-3-25-23(26-13-18-10-11-28(14-18)20-7-8-20)27-16(2)19-6-9-22(21(24)12-19)29-15-17-4-5-17;/h6,9,12,16-18,20H,3-5,7-8,10-11,13-15H2,1-2H3,(H2,25,26,27);1H. The second-order valence-electron chi connectivity index (χ2n) is 8.91. The van der Waals surface area contributed by atoms with E-state index in [1.165, 1.54) is 45.2 Å². The van der Waals surface area contributed by atoms with Gasteiger partial charge in [0.05, 0.1) is 12.6 Å². The number of benzene rings is 1. The van der Waals surface area contributed by atoms with Crippen LogP contribution < -0.4 is 15.4 Å². The number of guanidine groups is 1. The first-order chi connectivity index (χ1) is 14.1. The van der Waals surface area contributed by atoms with E-state index >= 15 is 0 Å². The summed E-state index contributed by atoms with van der Waals surface area (Å²) in [6, 6.07) is 6.08. The minimum absolute atomic E-state index is 0. The van der Waals surface area contributed by atoms with E-state index in [2.05, 4.69) is 22.5 Å². The molecule has 4 rings (SSSR count). The maximum atomic E-state index is 14.4. The number of aliphatic imine (C=N–C) groups is 1. The van der Waals surface area contributed by atoms with Crippen molar-refractivity contribution in [3.05, 3.63) is 29.6 Å². The molecule has 1 saturated heterocycles. The van der Waals surface area contributed by atoms with Crippen LogP contribution in [-0.4, -0.2) is 49.7 Å². The van der Waals surface area contributed by atoms with Crippen LogP contribution in [0.15, 0.2) is 23.2 Å². The van der Waals surface area contributed by atoms with Gasteiger partial charge in [-0.2, -0.15) is 0 Å². The van der Waals surface area contributed by atoms with Gasteiger partial charge in [0, 0.05) is 25.7 Å². The van der Waals surface area contributed by atoms with Crippen molar-refractivity contribution in [1.82, 2.24) is 15.5 Å². The molecule has 30 heavy (non-hydrogen) atoms. The third-order valence-electron chi connectivity index (χ3n) is 6.21. The predicted molar refractivity (Wildman–Crippen MR) is 130 cm³/mol. The minimum Gasteiger partial charge on any atom is -0.490 e. The van der Waals surface area contributed by atoms with Crippen molar-refractivity contribution in [3.63, 3.8) is 0 Å². The number of halogens is 2. The predicted octanol–water partition coefficient (Wildman–Crippen LogP) is 4.33. The molecule has 2 N–H and O–H groups in total. The molecule has 1 aromatic rings. The lowest BCUT2D eigenvalue weighted by Crippen LogP contribution is -2.39. The molecule has 2 unspecified atom stereocenters. The van der Waals surface area contributed by atoms with E-state index in [1.807, 2.05) is 13.0 Å². The van der Waals surface area contributed by atoms with E-state index < -0.39 is 0 Å². The Hall–Kier alpha value is -1.09. The summed E-state index contributed by atoms with van der Waals surface area (Å²) in [5, 5.41) is 6.76. The van der Waals surface area contributed by atoms with Gasteiger partial charge in [0.15, 0.2) is 17.5 Å². The Morgan fingerprint density at radius 3 is 2.70 bits per heavy atom. The Morgan fingerprint density at radius 1 is 1.23 bits per heavy atom. The van der Waals surface area contributed by atoms with Gasteiger partial charge in [-0.05, 0) is 82.0 Å². The normalized spacial score (nSPS) is 23.0. The highest BCUT2D eigenvalue weighted by molar-refractivity contribution is 14.0. The lowest BCUT2D eigenvalue weighted by molar-refractivity contribution is 0.285. The van der Waals surface area contributed by atoms with Crippen LogP contribution in [-0.2, 0) is 0 Å². The molecule has 2 saturated carbocycles. The summed E-state index contributed by atoms with van der Waals surface area (Å²) in [5.41, 5.74) is 0.896. The van der Waals surface area contributed by atoms with Crippen molar-refractivity contribution in [3.8, 4) is 5.75 Å². The third-order valence-corrected chi connectivity index (χ3v) is 6.21. The highest BCUT2D eigenvalue weighted by atomic mass is 127. The minimum atomic E-state index is -0.287. The van der Waals surface area contributed by atoms with Crippen LogP contribution >= 0.6 is 24.0 Å². The fourth-order valence-corrected chi connectivity index (χ4v) is 4.01. The van der Waals surface area contributed by atoms with Gasteiger partial charge >= 0.3 is 0 Å². The maximum absolute atomic E-state index is 14.4. The van der Waals surface area contributed by atoms with Gasteiger partial charge in [0.25, 0.3) is 0 Å². The molecule has 3 aliphatic rings. The number of nitrogens with one attached hydrogen (secondary N) is 2. The molecule has 3 fully saturated rings. The van der Waals surface area contributed by atoms with Crippen LogP contribution in [0.25, 0.3) is 0 Å². The summed E-state index contributed by atoms with van der Waals surface area (Å²) >= 11 is 0. The molecule has 168 valence electrons. The second-order valence-corrected chi connectivity index (χ2v) is 8.91. The fraction of sp³-hybridized carbons (Fsp3) is 0.696. The van der Waals surface area contributed by atoms with Crippen molar-refractivity contribution in [2.75, 3.05) is 32.8 Å². The molecular weight excluding hydrogens is 494 g/mol. The van der Waals surface area contributed by atoms with Crippen LogP contribution in [0.1, 0.15) is 57.6 Å². The van der Waals surface area contributed by atoms with Crippen molar-refractivity contribution < 1.29 is 9.13 Å². The Kier molecular flexibility index (Phi) is 8.62. The third kappa shape index (κ3) is 6.70. The highest BCUT2D eigenvalue weighted by Crippen LogP contribution is 2.32. The van der Waals surface area contributed by atoms with Crippen molar-refractivity contribution in [2.45, 2.75) is 58.0 Å². The Bertz CT molecular complexity index is 723. The van der Waals surface area contributed by atoms with Gasteiger partial charge in [-0.15, -0.1) is 24.0 Å². The first kappa shape index (κ1) is 23.6. The molecule has 2 atom stereocenters. The van der Waals surface area contributed by atoms with Gasteiger partial charge in [0.2, 0.25) is 0 Å². The molecule has 2 aliphatic carbocycles. The molecule has 0 radical (unpaired) electrons. The maximum Gasteiger partial charge on any atom is 0.191 e. The number of rotatable bonds is 9. The zero-order valence-corrected chi connectivity index (χ0v) is 20.5. The van der Waals surface area contributed by atoms with Crippen LogP contribution in [0.3, 0.4) is 0 Å². The quantitative estimate of drug-likeness (QED) is 0.284. The van der Waals surface area contributed by atoms with Crippen molar-refractivity contribution in [1.29, 1.82) is 0 Å².